The quantitative estimate of drug-likeness (QED) is 0.816. The number of anilines is 1. The molecule has 3 rings (SSSR count). The molecule has 1 fully saturated rings. The van der Waals surface area contributed by atoms with E-state index in [1.165, 1.54) is 6.07 Å². The lowest BCUT2D eigenvalue weighted by Crippen LogP contribution is -2.42. The molecule has 0 aromatic carbocycles. The molecule has 148 valence electrons. The molecule has 1 saturated heterocycles. The van der Waals surface area contributed by atoms with E-state index >= 15 is 0 Å². The highest BCUT2D eigenvalue weighted by Crippen LogP contribution is 2.30. The number of nitrogens with zero attached hydrogens (tertiary/aromatic N) is 3. The molecule has 0 radical (unpaired) electrons. The number of hydrogen-bond donors (Lipinski definition) is 1. The molecule has 0 aliphatic carbocycles. The normalized spacial score (nSPS) is 16.7. The lowest BCUT2D eigenvalue weighted by Gasteiger charge is -2.33. The standard InChI is InChI=1S/C19H25F3N4S/c1-18(2,3)17-25-15(12-27-17)11-23-14-6-8-26(9-7-14)16-5-4-13(10-24-16)19(20,21)22/h4-5,10,12,14,23H,6-9,11H2,1-3H3. The number of hydrogen-bond acceptors (Lipinski definition) is 5. The van der Waals surface area contributed by atoms with Crippen LogP contribution in [0, 0.1) is 0 Å². The maximum Gasteiger partial charge on any atom is 0.417 e. The molecular weight excluding hydrogens is 373 g/mol. The largest absolute Gasteiger partial charge is 0.417 e. The van der Waals surface area contributed by atoms with Gasteiger partial charge in [0, 0.05) is 42.7 Å². The molecule has 2 aromatic heterocycles. The van der Waals surface area contributed by atoms with Gasteiger partial charge in [0.05, 0.1) is 16.3 Å². The van der Waals surface area contributed by atoms with Gasteiger partial charge in [0.1, 0.15) is 5.82 Å². The maximum absolute atomic E-state index is 12.6. The van der Waals surface area contributed by atoms with Gasteiger partial charge in [-0.2, -0.15) is 13.2 Å². The van der Waals surface area contributed by atoms with Gasteiger partial charge in [-0.15, -0.1) is 11.3 Å². The van der Waals surface area contributed by atoms with Crippen molar-refractivity contribution in [1.82, 2.24) is 15.3 Å². The third-order valence-electron chi connectivity index (χ3n) is 4.66. The van der Waals surface area contributed by atoms with Gasteiger partial charge >= 0.3 is 6.18 Å². The van der Waals surface area contributed by atoms with Crippen molar-refractivity contribution in [2.45, 2.75) is 57.8 Å². The van der Waals surface area contributed by atoms with Crippen LogP contribution in [0.4, 0.5) is 19.0 Å². The molecule has 1 aliphatic heterocycles. The van der Waals surface area contributed by atoms with Crippen LogP contribution in [-0.4, -0.2) is 29.1 Å². The molecule has 0 unspecified atom stereocenters. The Morgan fingerprint density at radius 3 is 2.41 bits per heavy atom. The molecule has 2 aromatic rings. The van der Waals surface area contributed by atoms with E-state index in [1.54, 1.807) is 11.3 Å². The summed E-state index contributed by atoms with van der Waals surface area (Å²) in [5.41, 5.74) is 0.431. The smallest absolute Gasteiger partial charge is 0.357 e. The summed E-state index contributed by atoms with van der Waals surface area (Å²) in [6.07, 6.45) is -1.57. The second-order valence-corrected chi connectivity index (χ2v) is 8.80. The van der Waals surface area contributed by atoms with Gasteiger partial charge in [0.15, 0.2) is 0 Å². The van der Waals surface area contributed by atoms with Gasteiger partial charge < -0.3 is 10.2 Å². The van der Waals surface area contributed by atoms with Crippen molar-refractivity contribution in [3.63, 3.8) is 0 Å². The Morgan fingerprint density at radius 1 is 1.19 bits per heavy atom. The third-order valence-corrected chi connectivity index (χ3v) is 5.98. The van der Waals surface area contributed by atoms with Crippen LogP contribution in [0.15, 0.2) is 23.7 Å². The number of piperidine rings is 1. The Labute approximate surface area is 161 Å². The monoisotopic (exact) mass is 398 g/mol. The van der Waals surface area contributed by atoms with Crippen LogP contribution in [0.25, 0.3) is 0 Å². The van der Waals surface area contributed by atoms with E-state index in [0.29, 0.717) is 11.9 Å². The molecule has 0 amide bonds. The molecule has 0 bridgehead atoms. The molecule has 8 heteroatoms. The molecular formula is C19H25F3N4S. The van der Waals surface area contributed by atoms with Gasteiger partial charge in [-0.3, -0.25) is 0 Å². The third kappa shape index (κ3) is 5.19. The number of rotatable bonds is 4. The van der Waals surface area contributed by atoms with Crippen LogP contribution in [0.5, 0.6) is 0 Å². The number of pyridine rings is 1. The van der Waals surface area contributed by atoms with Crippen molar-refractivity contribution in [3.8, 4) is 0 Å². The Hall–Kier alpha value is -1.67. The summed E-state index contributed by atoms with van der Waals surface area (Å²) < 4.78 is 37.9. The van der Waals surface area contributed by atoms with Crippen LogP contribution in [-0.2, 0) is 18.1 Å². The topological polar surface area (TPSA) is 41.1 Å². The predicted molar refractivity (Wildman–Crippen MR) is 102 cm³/mol. The van der Waals surface area contributed by atoms with Gasteiger partial charge in [-0.05, 0) is 25.0 Å². The summed E-state index contributed by atoms with van der Waals surface area (Å²) in [5.74, 6) is 0.607. The van der Waals surface area contributed by atoms with Crippen molar-refractivity contribution in [3.05, 3.63) is 40.0 Å². The minimum Gasteiger partial charge on any atom is -0.357 e. The first-order valence-electron chi connectivity index (χ1n) is 9.09. The summed E-state index contributed by atoms with van der Waals surface area (Å²) in [6, 6.07) is 2.94. The highest BCUT2D eigenvalue weighted by molar-refractivity contribution is 7.09. The Bertz CT molecular complexity index is 742. The van der Waals surface area contributed by atoms with Crippen molar-refractivity contribution in [2.75, 3.05) is 18.0 Å². The molecule has 1 N–H and O–H groups in total. The predicted octanol–water partition coefficient (Wildman–Crippen LogP) is 4.61. The number of thiazole rings is 1. The average molecular weight is 398 g/mol. The number of aromatic nitrogens is 2. The highest BCUT2D eigenvalue weighted by atomic mass is 32.1. The maximum atomic E-state index is 12.6. The summed E-state index contributed by atoms with van der Waals surface area (Å²) in [7, 11) is 0. The first kappa shape index (κ1) is 20.1. The molecule has 4 nitrogen and oxygen atoms in total. The van der Waals surface area contributed by atoms with Gasteiger partial charge in [-0.1, -0.05) is 20.8 Å². The zero-order valence-electron chi connectivity index (χ0n) is 15.8. The van der Waals surface area contributed by atoms with Gasteiger partial charge in [0.25, 0.3) is 0 Å². The lowest BCUT2D eigenvalue weighted by atomic mass is 9.98. The zero-order chi connectivity index (χ0) is 19.7. The summed E-state index contributed by atoms with van der Waals surface area (Å²) in [4.78, 5) is 10.7. The minimum absolute atomic E-state index is 0.0723. The molecule has 0 saturated carbocycles. The molecule has 0 spiro atoms. The van der Waals surface area contributed by atoms with E-state index in [4.69, 9.17) is 4.98 Å². The number of alkyl halides is 3. The highest BCUT2D eigenvalue weighted by Gasteiger charge is 2.31. The van der Waals surface area contributed by atoms with E-state index in [9.17, 15) is 13.2 Å². The van der Waals surface area contributed by atoms with E-state index < -0.39 is 11.7 Å². The van der Waals surface area contributed by atoms with Gasteiger partial charge in [0.2, 0.25) is 0 Å². The zero-order valence-corrected chi connectivity index (χ0v) is 16.6. The second kappa shape index (κ2) is 7.75. The molecule has 0 atom stereocenters. The van der Waals surface area contributed by atoms with E-state index in [2.05, 4.69) is 36.5 Å². The average Bonchev–Trinajstić information content (AvgIpc) is 3.09. The molecule has 3 heterocycles. The van der Waals surface area contributed by atoms with E-state index in [1.807, 2.05) is 4.90 Å². The van der Waals surface area contributed by atoms with Crippen LogP contribution in [0.3, 0.4) is 0 Å². The van der Waals surface area contributed by atoms with Gasteiger partial charge in [-0.25, -0.2) is 9.97 Å². The van der Waals surface area contributed by atoms with Crippen LogP contribution < -0.4 is 10.2 Å². The van der Waals surface area contributed by atoms with Crippen molar-refractivity contribution in [1.29, 1.82) is 0 Å². The van der Waals surface area contributed by atoms with Crippen molar-refractivity contribution in [2.24, 2.45) is 0 Å². The van der Waals surface area contributed by atoms with Crippen molar-refractivity contribution < 1.29 is 13.2 Å². The van der Waals surface area contributed by atoms with Crippen LogP contribution in [0.2, 0.25) is 0 Å². The number of halogens is 3. The Morgan fingerprint density at radius 2 is 1.89 bits per heavy atom. The first-order valence-corrected chi connectivity index (χ1v) is 9.97. The fourth-order valence-electron chi connectivity index (χ4n) is 3.04. The minimum atomic E-state index is -4.34. The SMILES string of the molecule is CC(C)(C)c1nc(CNC2CCN(c3ccc(C(F)(F)F)cn3)CC2)cs1. The number of nitrogens with one attached hydrogen (secondary N) is 1. The van der Waals surface area contributed by atoms with E-state index in [-0.39, 0.29) is 5.41 Å². The molecule has 27 heavy (non-hydrogen) atoms. The Balaban J connectivity index is 1.48. The van der Waals surface area contributed by atoms with Crippen LogP contribution >= 0.6 is 11.3 Å². The van der Waals surface area contributed by atoms with Crippen molar-refractivity contribution >= 4 is 17.2 Å². The van der Waals surface area contributed by atoms with E-state index in [0.717, 1.165) is 55.4 Å². The second-order valence-electron chi connectivity index (χ2n) is 7.94. The van der Waals surface area contributed by atoms with Crippen LogP contribution in [0.1, 0.15) is 49.9 Å². The summed E-state index contributed by atoms with van der Waals surface area (Å²) in [6.45, 7) is 8.78. The fourth-order valence-corrected chi connectivity index (χ4v) is 3.94. The summed E-state index contributed by atoms with van der Waals surface area (Å²) >= 11 is 1.70. The lowest BCUT2D eigenvalue weighted by molar-refractivity contribution is -0.137. The first-order chi connectivity index (χ1) is 12.6. The molecule has 1 aliphatic rings. The summed E-state index contributed by atoms with van der Waals surface area (Å²) in [5, 5.41) is 6.80. The Kier molecular flexibility index (Phi) is 5.76. The fraction of sp³-hybridized carbons (Fsp3) is 0.579.